The Hall–Kier alpha value is -0.940. The average Bonchev–Trinajstić information content (AvgIpc) is 2.75. The molecule has 0 radical (unpaired) electrons. The minimum atomic E-state index is -0.477. The van der Waals surface area contributed by atoms with E-state index < -0.39 is 6.04 Å². The van der Waals surface area contributed by atoms with E-state index in [4.69, 9.17) is 4.74 Å². The highest BCUT2D eigenvalue weighted by Crippen LogP contribution is 2.31. The van der Waals surface area contributed by atoms with Crippen LogP contribution >= 0.6 is 0 Å². The molecule has 0 saturated carbocycles. The SMILES string of the molecule is CC(C)C(C)(C)CCC(=O)NC1C(=O)COC1CCN(C)C. The van der Waals surface area contributed by atoms with E-state index in [1.807, 2.05) is 14.1 Å². The molecule has 1 saturated heterocycles. The summed E-state index contributed by atoms with van der Waals surface area (Å²) in [5.74, 6) is 0.456. The number of hydrogen-bond donors (Lipinski definition) is 1. The first kappa shape index (κ1) is 19.1. The lowest BCUT2D eigenvalue weighted by molar-refractivity contribution is -0.126. The van der Waals surface area contributed by atoms with Crippen molar-refractivity contribution in [1.82, 2.24) is 10.2 Å². The van der Waals surface area contributed by atoms with Crippen LogP contribution in [0.2, 0.25) is 0 Å². The van der Waals surface area contributed by atoms with Crippen LogP contribution in [0.15, 0.2) is 0 Å². The first-order valence-electron chi connectivity index (χ1n) is 8.22. The van der Waals surface area contributed by atoms with Crippen molar-refractivity contribution < 1.29 is 14.3 Å². The molecule has 1 rings (SSSR count). The lowest BCUT2D eigenvalue weighted by Crippen LogP contribution is -2.45. The van der Waals surface area contributed by atoms with Gasteiger partial charge in [0.1, 0.15) is 12.6 Å². The highest BCUT2D eigenvalue weighted by atomic mass is 16.5. The predicted octanol–water partition coefficient (Wildman–Crippen LogP) is 1.85. The Labute approximate surface area is 134 Å². The molecular weight excluding hydrogens is 280 g/mol. The van der Waals surface area contributed by atoms with Crippen LogP contribution in [0.3, 0.4) is 0 Å². The minimum Gasteiger partial charge on any atom is -0.368 e. The van der Waals surface area contributed by atoms with Gasteiger partial charge in [0.2, 0.25) is 5.91 Å². The van der Waals surface area contributed by atoms with Crippen LogP contribution in [0.1, 0.15) is 47.0 Å². The molecule has 128 valence electrons. The van der Waals surface area contributed by atoms with Crippen LogP contribution in [-0.4, -0.2) is 56.0 Å². The van der Waals surface area contributed by atoms with E-state index in [9.17, 15) is 9.59 Å². The molecule has 0 bridgehead atoms. The first-order valence-corrected chi connectivity index (χ1v) is 8.22. The zero-order chi connectivity index (χ0) is 16.9. The second kappa shape index (κ2) is 8.06. The van der Waals surface area contributed by atoms with Crippen molar-refractivity contribution in [3.05, 3.63) is 0 Å². The van der Waals surface area contributed by atoms with Crippen LogP contribution in [-0.2, 0) is 14.3 Å². The number of amides is 1. The largest absolute Gasteiger partial charge is 0.368 e. The van der Waals surface area contributed by atoms with E-state index in [0.29, 0.717) is 12.3 Å². The van der Waals surface area contributed by atoms with Gasteiger partial charge in [-0.3, -0.25) is 9.59 Å². The molecule has 0 aromatic heterocycles. The average molecular weight is 312 g/mol. The summed E-state index contributed by atoms with van der Waals surface area (Å²) in [6.45, 7) is 9.64. The first-order chi connectivity index (χ1) is 10.1. The van der Waals surface area contributed by atoms with Crippen molar-refractivity contribution in [3.63, 3.8) is 0 Å². The molecule has 22 heavy (non-hydrogen) atoms. The van der Waals surface area contributed by atoms with E-state index in [2.05, 4.69) is 37.9 Å². The van der Waals surface area contributed by atoms with Crippen molar-refractivity contribution in [1.29, 1.82) is 0 Å². The molecule has 1 aliphatic rings. The van der Waals surface area contributed by atoms with Gasteiger partial charge in [0.25, 0.3) is 0 Å². The fraction of sp³-hybridized carbons (Fsp3) is 0.882. The van der Waals surface area contributed by atoms with Crippen LogP contribution in [0.25, 0.3) is 0 Å². The number of nitrogens with zero attached hydrogens (tertiary/aromatic N) is 1. The zero-order valence-electron chi connectivity index (χ0n) is 14.9. The highest BCUT2D eigenvalue weighted by molar-refractivity contribution is 5.91. The van der Waals surface area contributed by atoms with Gasteiger partial charge in [-0.2, -0.15) is 0 Å². The van der Waals surface area contributed by atoms with E-state index in [1.165, 1.54) is 0 Å². The maximum Gasteiger partial charge on any atom is 0.220 e. The maximum atomic E-state index is 12.2. The number of Topliss-reactive ketones (excluding diaryl/α,β-unsaturated/α-hetero) is 1. The van der Waals surface area contributed by atoms with Gasteiger partial charge in [0.15, 0.2) is 5.78 Å². The lowest BCUT2D eigenvalue weighted by Gasteiger charge is -2.29. The predicted molar refractivity (Wildman–Crippen MR) is 87.7 cm³/mol. The third kappa shape index (κ3) is 5.69. The number of ether oxygens (including phenoxy) is 1. The van der Waals surface area contributed by atoms with Crippen LogP contribution in [0.4, 0.5) is 0 Å². The van der Waals surface area contributed by atoms with Gasteiger partial charge in [-0.05, 0) is 38.3 Å². The highest BCUT2D eigenvalue weighted by Gasteiger charge is 2.36. The summed E-state index contributed by atoms with van der Waals surface area (Å²) < 4.78 is 5.52. The zero-order valence-corrected chi connectivity index (χ0v) is 14.9. The Bertz CT molecular complexity index is 391. The Balaban J connectivity index is 2.48. The second-order valence-electron chi connectivity index (χ2n) is 7.60. The molecule has 1 N–H and O–H groups in total. The van der Waals surface area contributed by atoms with Crippen molar-refractivity contribution in [2.75, 3.05) is 27.2 Å². The number of nitrogens with one attached hydrogen (secondary N) is 1. The summed E-state index contributed by atoms with van der Waals surface area (Å²) in [4.78, 5) is 26.1. The number of rotatable bonds is 8. The molecule has 5 nitrogen and oxygen atoms in total. The van der Waals surface area contributed by atoms with Crippen LogP contribution in [0.5, 0.6) is 0 Å². The summed E-state index contributed by atoms with van der Waals surface area (Å²) in [5.41, 5.74) is 0.123. The Morgan fingerprint density at radius 1 is 1.41 bits per heavy atom. The number of ketones is 1. The van der Waals surface area contributed by atoms with Crippen molar-refractivity contribution in [2.45, 2.75) is 59.1 Å². The van der Waals surface area contributed by atoms with Gasteiger partial charge >= 0.3 is 0 Å². The van der Waals surface area contributed by atoms with Crippen molar-refractivity contribution >= 4 is 11.7 Å². The third-order valence-electron chi connectivity index (χ3n) is 4.90. The molecule has 1 heterocycles. The van der Waals surface area contributed by atoms with E-state index >= 15 is 0 Å². The summed E-state index contributed by atoms with van der Waals surface area (Å²) in [7, 11) is 3.97. The molecule has 2 atom stereocenters. The number of hydrogen-bond acceptors (Lipinski definition) is 4. The van der Waals surface area contributed by atoms with Gasteiger partial charge in [-0.1, -0.05) is 27.7 Å². The molecule has 1 fully saturated rings. The summed E-state index contributed by atoms with van der Waals surface area (Å²) in [5, 5.41) is 2.88. The fourth-order valence-electron chi connectivity index (χ4n) is 2.36. The fourth-order valence-corrected chi connectivity index (χ4v) is 2.36. The molecular formula is C17H32N2O3. The summed E-state index contributed by atoms with van der Waals surface area (Å²) in [6.07, 6.45) is 1.83. The van der Waals surface area contributed by atoms with Gasteiger partial charge in [0, 0.05) is 13.0 Å². The van der Waals surface area contributed by atoms with E-state index in [-0.39, 0.29) is 29.8 Å². The Morgan fingerprint density at radius 3 is 2.59 bits per heavy atom. The molecule has 0 aromatic carbocycles. The van der Waals surface area contributed by atoms with E-state index in [0.717, 1.165) is 19.4 Å². The normalized spacial score (nSPS) is 22.6. The molecule has 1 aliphatic heterocycles. The Morgan fingerprint density at radius 2 is 2.05 bits per heavy atom. The van der Waals surface area contributed by atoms with Crippen molar-refractivity contribution in [3.8, 4) is 0 Å². The number of carbonyl (C=O) groups is 2. The molecule has 1 amide bonds. The van der Waals surface area contributed by atoms with Gasteiger partial charge in [0.05, 0.1) is 6.10 Å². The maximum absolute atomic E-state index is 12.2. The van der Waals surface area contributed by atoms with E-state index in [1.54, 1.807) is 0 Å². The Kier molecular flexibility index (Phi) is 7.00. The van der Waals surface area contributed by atoms with Gasteiger partial charge in [-0.25, -0.2) is 0 Å². The van der Waals surface area contributed by atoms with Crippen LogP contribution in [0, 0.1) is 11.3 Å². The molecule has 5 heteroatoms. The minimum absolute atomic E-state index is 0.0137. The van der Waals surface area contributed by atoms with Crippen molar-refractivity contribution in [2.24, 2.45) is 11.3 Å². The summed E-state index contributed by atoms with van der Waals surface area (Å²) in [6, 6.07) is -0.477. The molecule has 2 unspecified atom stereocenters. The van der Waals surface area contributed by atoms with Gasteiger partial charge < -0.3 is 15.0 Å². The third-order valence-corrected chi connectivity index (χ3v) is 4.90. The lowest BCUT2D eigenvalue weighted by atomic mass is 9.77. The standard InChI is InChI=1S/C17H32N2O3/c1-12(2)17(3,4)9-7-15(21)18-16-13(20)11-22-14(16)8-10-19(5)6/h12,14,16H,7-11H2,1-6H3,(H,18,21). The molecule has 0 aliphatic carbocycles. The monoisotopic (exact) mass is 312 g/mol. The summed E-state index contributed by atoms with van der Waals surface area (Å²) >= 11 is 0. The topological polar surface area (TPSA) is 58.6 Å². The molecule has 0 spiro atoms. The second-order valence-corrected chi connectivity index (χ2v) is 7.60. The quantitative estimate of drug-likeness (QED) is 0.743. The number of carbonyl (C=O) groups excluding carboxylic acids is 2. The van der Waals surface area contributed by atoms with Crippen LogP contribution < -0.4 is 5.32 Å². The van der Waals surface area contributed by atoms with Gasteiger partial charge in [-0.15, -0.1) is 0 Å². The molecule has 0 aromatic rings. The smallest absolute Gasteiger partial charge is 0.220 e.